The molecular weight excluding hydrogens is 397 g/mol. The molecule has 0 radical (unpaired) electrons. The minimum Gasteiger partial charge on any atom is -0.350 e. The molecule has 29 heavy (non-hydrogen) atoms. The normalized spacial score (nSPS) is 12.1. The maximum atomic E-state index is 13.3. The van der Waals surface area contributed by atoms with Gasteiger partial charge in [-0.05, 0) is 43.2 Å². The third-order valence-electron chi connectivity index (χ3n) is 4.89. The third-order valence-corrected chi connectivity index (χ3v) is 5.18. The van der Waals surface area contributed by atoms with E-state index < -0.39 is 17.4 Å². The first-order chi connectivity index (χ1) is 13.8. The first kappa shape index (κ1) is 20.8. The molecule has 8 heteroatoms. The van der Waals surface area contributed by atoms with Crippen molar-refractivity contribution in [1.29, 1.82) is 0 Å². The second-order valence-corrected chi connectivity index (χ2v) is 7.25. The van der Waals surface area contributed by atoms with Crippen LogP contribution in [-0.4, -0.2) is 15.0 Å². The monoisotopic (exact) mass is 417 g/mol. The van der Waals surface area contributed by atoms with Crippen LogP contribution in [0.2, 0.25) is 5.02 Å². The summed E-state index contributed by atoms with van der Waals surface area (Å²) in [5.41, 5.74) is 0.147. The molecule has 6 nitrogen and oxygen atoms in total. The summed E-state index contributed by atoms with van der Waals surface area (Å²) in [5.74, 6) is -0.945. The molecule has 1 unspecified atom stereocenters. The first-order valence-corrected chi connectivity index (χ1v) is 9.66. The summed E-state index contributed by atoms with van der Waals surface area (Å²) in [7, 11) is 0. The van der Waals surface area contributed by atoms with E-state index in [1.54, 1.807) is 31.2 Å². The van der Waals surface area contributed by atoms with E-state index in [2.05, 4.69) is 5.32 Å². The van der Waals surface area contributed by atoms with E-state index >= 15 is 0 Å². The van der Waals surface area contributed by atoms with Gasteiger partial charge < -0.3 is 5.32 Å². The number of benzene rings is 2. The van der Waals surface area contributed by atoms with Crippen molar-refractivity contribution in [2.24, 2.45) is 0 Å². The number of carbonyl (C=O) groups excluding carboxylic acids is 1. The highest BCUT2D eigenvalue weighted by Crippen LogP contribution is 2.16. The predicted molar refractivity (Wildman–Crippen MR) is 111 cm³/mol. The van der Waals surface area contributed by atoms with Gasteiger partial charge in [0, 0.05) is 12.6 Å². The Morgan fingerprint density at radius 1 is 1.21 bits per heavy atom. The van der Waals surface area contributed by atoms with E-state index in [1.165, 1.54) is 27.3 Å². The minimum atomic E-state index is -0.535. The van der Waals surface area contributed by atoms with Crippen molar-refractivity contribution < 1.29 is 9.18 Å². The number of nitrogens with one attached hydrogen (secondary N) is 1. The molecule has 2 aromatic carbocycles. The highest BCUT2D eigenvalue weighted by Gasteiger charge is 2.17. The standard InChI is InChI=1S/C21H21ClFN3O3/c1-3-13(2)26-20(28)15-6-4-5-7-18(15)25(21(26)29)12-19(27)24-11-14-8-9-17(23)16(22)10-14/h4-10,13H,3,11-12H2,1-2H3,(H,24,27). The van der Waals surface area contributed by atoms with Crippen molar-refractivity contribution in [3.8, 4) is 0 Å². The van der Waals surface area contributed by atoms with Crippen LogP contribution in [0.15, 0.2) is 52.1 Å². The van der Waals surface area contributed by atoms with Gasteiger partial charge in [-0.2, -0.15) is 0 Å². The SMILES string of the molecule is CCC(C)n1c(=O)c2ccccc2n(CC(=O)NCc2ccc(F)c(Cl)c2)c1=O. The van der Waals surface area contributed by atoms with Gasteiger partial charge in [-0.15, -0.1) is 0 Å². The van der Waals surface area contributed by atoms with Gasteiger partial charge in [-0.25, -0.2) is 9.18 Å². The molecule has 0 fully saturated rings. The van der Waals surface area contributed by atoms with Gasteiger partial charge in [0.2, 0.25) is 5.91 Å². The number of amides is 1. The van der Waals surface area contributed by atoms with Gasteiger partial charge in [0.1, 0.15) is 12.4 Å². The van der Waals surface area contributed by atoms with Gasteiger partial charge in [0.15, 0.2) is 0 Å². The summed E-state index contributed by atoms with van der Waals surface area (Å²) in [4.78, 5) is 38.3. The molecule has 0 saturated heterocycles. The van der Waals surface area contributed by atoms with Crippen molar-refractivity contribution in [3.63, 3.8) is 0 Å². The number of hydrogen-bond acceptors (Lipinski definition) is 3. The Balaban J connectivity index is 1.92. The van der Waals surface area contributed by atoms with Crippen LogP contribution in [-0.2, 0) is 17.9 Å². The first-order valence-electron chi connectivity index (χ1n) is 9.28. The summed E-state index contributed by atoms with van der Waals surface area (Å²) in [6, 6.07) is 10.6. The molecule has 0 spiro atoms. The number of aromatic nitrogens is 2. The van der Waals surface area contributed by atoms with Crippen molar-refractivity contribution in [1.82, 2.24) is 14.5 Å². The van der Waals surface area contributed by atoms with Crippen LogP contribution in [0, 0.1) is 5.82 Å². The van der Waals surface area contributed by atoms with Crippen molar-refractivity contribution in [2.75, 3.05) is 0 Å². The lowest BCUT2D eigenvalue weighted by Crippen LogP contribution is -2.43. The van der Waals surface area contributed by atoms with Crippen LogP contribution in [0.25, 0.3) is 10.9 Å². The van der Waals surface area contributed by atoms with Crippen molar-refractivity contribution in [2.45, 2.75) is 39.4 Å². The zero-order valence-corrected chi connectivity index (χ0v) is 16.9. The summed E-state index contributed by atoms with van der Waals surface area (Å²) >= 11 is 5.76. The highest BCUT2D eigenvalue weighted by atomic mass is 35.5. The van der Waals surface area contributed by atoms with Crippen LogP contribution in [0.4, 0.5) is 4.39 Å². The Bertz CT molecular complexity index is 1190. The number of rotatable bonds is 6. The second-order valence-electron chi connectivity index (χ2n) is 6.84. The average molecular weight is 418 g/mol. The average Bonchev–Trinajstić information content (AvgIpc) is 2.72. The lowest BCUT2D eigenvalue weighted by molar-refractivity contribution is -0.121. The van der Waals surface area contributed by atoms with E-state index in [4.69, 9.17) is 11.6 Å². The topological polar surface area (TPSA) is 73.1 Å². The van der Waals surface area contributed by atoms with E-state index in [9.17, 15) is 18.8 Å². The van der Waals surface area contributed by atoms with Crippen molar-refractivity contribution >= 4 is 28.4 Å². The fraction of sp³-hybridized carbons (Fsp3) is 0.286. The third kappa shape index (κ3) is 4.24. The zero-order valence-electron chi connectivity index (χ0n) is 16.1. The highest BCUT2D eigenvalue weighted by molar-refractivity contribution is 6.30. The number of nitrogens with zero attached hydrogens (tertiary/aromatic N) is 2. The lowest BCUT2D eigenvalue weighted by Gasteiger charge is -2.17. The maximum absolute atomic E-state index is 13.3. The molecule has 152 valence electrons. The molecule has 3 aromatic rings. The Hall–Kier alpha value is -2.93. The van der Waals surface area contributed by atoms with Gasteiger partial charge >= 0.3 is 5.69 Å². The van der Waals surface area contributed by atoms with Crippen molar-refractivity contribution in [3.05, 3.63) is 79.7 Å². The number of hydrogen-bond donors (Lipinski definition) is 1. The minimum absolute atomic E-state index is 0.0282. The van der Waals surface area contributed by atoms with E-state index in [0.29, 0.717) is 22.9 Å². The largest absolute Gasteiger partial charge is 0.350 e. The van der Waals surface area contributed by atoms with Gasteiger partial charge in [0.05, 0.1) is 15.9 Å². The van der Waals surface area contributed by atoms with E-state index in [1.807, 2.05) is 6.92 Å². The van der Waals surface area contributed by atoms with Crippen LogP contribution in [0.3, 0.4) is 0 Å². The maximum Gasteiger partial charge on any atom is 0.332 e. The number of fused-ring (bicyclic) bond motifs is 1. The molecule has 0 saturated carbocycles. The Kier molecular flexibility index (Phi) is 6.17. The fourth-order valence-electron chi connectivity index (χ4n) is 3.11. The van der Waals surface area contributed by atoms with Crippen LogP contribution in [0.5, 0.6) is 0 Å². The lowest BCUT2D eigenvalue weighted by atomic mass is 10.2. The summed E-state index contributed by atoms with van der Waals surface area (Å²) in [6.07, 6.45) is 0.602. The van der Waals surface area contributed by atoms with E-state index in [0.717, 1.165) is 0 Å². The Morgan fingerprint density at radius 2 is 1.93 bits per heavy atom. The molecule has 0 aliphatic heterocycles. The molecule has 1 aromatic heterocycles. The van der Waals surface area contributed by atoms with E-state index in [-0.39, 0.29) is 29.7 Å². The zero-order chi connectivity index (χ0) is 21.1. The molecule has 0 aliphatic rings. The molecule has 1 amide bonds. The fourth-order valence-corrected chi connectivity index (χ4v) is 3.32. The molecule has 1 heterocycles. The van der Waals surface area contributed by atoms with Gasteiger partial charge in [0.25, 0.3) is 5.56 Å². The summed E-state index contributed by atoms with van der Waals surface area (Å²) in [5, 5.41) is 3.05. The number of para-hydroxylation sites is 1. The summed E-state index contributed by atoms with van der Waals surface area (Å²) in [6.45, 7) is 3.57. The smallest absolute Gasteiger partial charge is 0.332 e. The molecule has 1 atom stereocenters. The quantitative estimate of drug-likeness (QED) is 0.669. The Morgan fingerprint density at radius 3 is 2.62 bits per heavy atom. The molecule has 0 aliphatic carbocycles. The van der Waals surface area contributed by atoms with Crippen LogP contribution < -0.4 is 16.6 Å². The number of carbonyl (C=O) groups is 1. The molecule has 0 bridgehead atoms. The number of halogens is 2. The molecule has 1 N–H and O–H groups in total. The summed E-state index contributed by atoms with van der Waals surface area (Å²) < 4.78 is 15.7. The Labute approximate surface area is 171 Å². The predicted octanol–water partition coefficient (Wildman–Crippen LogP) is 3.24. The van der Waals surface area contributed by atoms with Crippen LogP contribution >= 0.6 is 11.6 Å². The van der Waals surface area contributed by atoms with Gasteiger partial charge in [-0.3, -0.25) is 18.7 Å². The van der Waals surface area contributed by atoms with Crippen LogP contribution in [0.1, 0.15) is 31.9 Å². The second kappa shape index (κ2) is 8.61. The molecular formula is C21H21ClFN3O3. The van der Waals surface area contributed by atoms with Gasteiger partial charge in [-0.1, -0.05) is 36.7 Å². The molecule has 3 rings (SSSR count).